The number of hydrogen-bond acceptors (Lipinski definition) is 9. The van der Waals surface area contributed by atoms with Crippen molar-refractivity contribution < 1.29 is 28.9 Å². The minimum atomic E-state index is -0.663. The SMILES string of the molecule is CC(C)NC[C@H](O)COc1ccc(OCCCNC(=O)COc2ccc(C3=NNC(=O)CC3)cc2)c(C#N)c1. The number of aliphatic hydroxyl groups is 1. The summed E-state index contributed by atoms with van der Waals surface area (Å²) in [6, 6.07) is 14.5. The molecule has 11 nitrogen and oxygen atoms in total. The molecule has 0 spiro atoms. The van der Waals surface area contributed by atoms with Crippen molar-refractivity contribution >= 4 is 17.5 Å². The molecule has 0 radical (unpaired) electrons. The topological polar surface area (TPSA) is 154 Å². The van der Waals surface area contributed by atoms with E-state index >= 15 is 0 Å². The van der Waals surface area contributed by atoms with E-state index in [1.165, 1.54) is 0 Å². The van der Waals surface area contributed by atoms with Gasteiger partial charge >= 0.3 is 0 Å². The number of rotatable bonds is 15. The molecule has 2 aromatic rings. The van der Waals surface area contributed by atoms with Crippen LogP contribution >= 0.6 is 0 Å². The standard InChI is InChI=1S/C28H35N5O6/c1-19(2)31-16-22(34)17-38-24-8-10-26(21(14-24)15-29)37-13-3-12-30-28(36)18-39-23-6-4-20(5-7-23)25-9-11-27(35)33-32-25/h4-8,10,14,19,22,31,34H,3,9,11-13,16-18H2,1-2H3,(H,30,36)(H,33,35)/t22-/m0/s1. The van der Waals surface area contributed by atoms with Crippen LogP contribution in [0.1, 0.15) is 44.2 Å². The summed E-state index contributed by atoms with van der Waals surface area (Å²) in [7, 11) is 0. The molecule has 2 aromatic carbocycles. The molecule has 0 saturated heterocycles. The maximum atomic E-state index is 12.1. The number of benzene rings is 2. The van der Waals surface area contributed by atoms with Crippen molar-refractivity contribution in [3.63, 3.8) is 0 Å². The van der Waals surface area contributed by atoms with Crippen LogP contribution in [-0.4, -0.2) is 67.7 Å². The van der Waals surface area contributed by atoms with Crippen LogP contribution < -0.4 is 30.3 Å². The number of aliphatic hydroxyl groups excluding tert-OH is 1. The Morgan fingerprint density at radius 1 is 1.13 bits per heavy atom. The third-order valence-electron chi connectivity index (χ3n) is 5.64. The molecule has 0 aliphatic carbocycles. The molecule has 1 heterocycles. The number of hydrazone groups is 1. The molecular formula is C28H35N5O6. The van der Waals surface area contributed by atoms with E-state index in [1.54, 1.807) is 30.3 Å². The molecule has 39 heavy (non-hydrogen) atoms. The van der Waals surface area contributed by atoms with Gasteiger partial charge in [0, 0.05) is 38.0 Å². The van der Waals surface area contributed by atoms with Gasteiger partial charge in [-0.25, -0.2) is 5.43 Å². The summed E-state index contributed by atoms with van der Waals surface area (Å²) >= 11 is 0. The van der Waals surface area contributed by atoms with Crippen LogP contribution in [0.3, 0.4) is 0 Å². The Bertz CT molecular complexity index is 1180. The molecule has 0 aromatic heterocycles. The van der Waals surface area contributed by atoms with Crippen LogP contribution in [0.5, 0.6) is 17.2 Å². The highest BCUT2D eigenvalue weighted by Crippen LogP contribution is 2.24. The highest BCUT2D eigenvalue weighted by Gasteiger charge is 2.13. The zero-order chi connectivity index (χ0) is 28.0. The van der Waals surface area contributed by atoms with Crippen molar-refractivity contribution in [2.75, 3.05) is 32.9 Å². The first kappa shape index (κ1) is 29.4. The third kappa shape index (κ3) is 10.3. The van der Waals surface area contributed by atoms with Crippen LogP contribution in [0.25, 0.3) is 0 Å². The Kier molecular flexibility index (Phi) is 11.6. The first-order valence-corrected chi connectivity index (χ1v) is 12.9. The van der Waals surface area contributed by atoms with Gasteiger partial charge < -0.3 is 30.0 Å². The van der Waals surface area contributed by atoms with Crippen LogP contribution in [0.15, 0.2) is 47.6 Å². The summed E-state index contributed by atoms with van der Waals surface area (Å²) in [5, 5.41) is 29.4. The molecule has 0 unspecified atom stereocenters. The van der Waals surface area contributed by atoms with Gasteiger partial charge in [0.1, 0.15) is 36.0 Å². The molecular weight excluding hydrogens is 502 g/mol. The van der Waals surface area contributed by atoms with Crippen LogP contribution in [-0.2, 0) is 9.59 Å². The number of ether oxygens (including phenoxy) is 3. The fourth-order valence-corrected chi connectivity index (χ4v) is 3.54. The number of amides is 2. The summed E-state index contributed by atoms with van der Waals surface area (Å²) in [6.45, 7) is 5.08. The minimum absolute atomic E-state index is 0.0917. The monoisotopic (exact) mass is 537 g/mol. The zero-order valence-corrected chi connectivity index (χ0v) is 22.2. The van der Waals surface area contributed by atoms with Gasteiger partial charge in [-0.1, -0.05) is 13.8 Å². The van der Waals surface area contributed by atoms with E-state index in [0.717, 1.165) is 11.3 Å². The van der Waals surface area contributed by atoms with E-state index < -0.39 is 6.10 Å². The molecule has 1 aliphatic rings. The normalized spacial score (nSPS) is 13.6. The Hall–Kier alpha value is -4.14. The van der Waals surface area contributed by atoms with Gasteiger partial charge in [0.2, 0.25) is 5.91 Å². The van der Waals surface area contributed by atoms with Crippen molar-refractivity contribution in [1.82, 2.24) is 16.1 Å². The number of carbonyl (C=O) groups excluding carboxylic acids is 2. The number of nitrogens with zero attached hydrogens (tertiary/aromatic N) is 2. The van der Waals surface area contributed by atoms with Gasteiger partial charge in [-0.2, -0.15) is 10.4 Å². The lowest BCUT2D eigenvalue weighted by molar-refractivity contribution is -0.123. The molecule has 1 aliphatic heterocycles. The van der Waals surface area contributed by atoms with Gasteiger partial charge in [0.25, 0.3) is 5.91 Å². The van der Waals surface area contributed by atoms with Crippen LogP contribution in [0, 0.1) is 11.3 Å². The Labute approximate surface area is 228 Å². The second kappa shape index (κ2) is 15.3. The van der Waals surface area contributed by atoms with Gasteiger partial charge in [-0.05, 0) is 48.4 Å². The highest BCUT2D eigenvalue weighted by atomic mass is 16.5. The Morgan fingerprint density at radius 2 is 1.90 bits per heavy atom. The van der Waals surface area contributed by atoms with Crippen LogP contribution in [0.2, 0.25) is 0 Å². The Balaban J connectivity index is 1.32. The second-order valence-corrected chi connectivity index (χ2v) is 9.26. The smallest absolute Gasteiger partial charge is 0.257 e. The van der Waals surface area contributed by atoms with Crippen molar-refractivity contribution in [2.45, 2.75) is 45.3 Å². The molecule has 208 valence electrons. The van der Waals surface area contributed by atoms with E-state index in [-0.39, 0.29) is 31.1 Å². The van der Waals surface area contributed by atoms with E-state index in [4.69, 9.17) is 14.2 Å². The van der Waals surface area contributed by atoms with Gasteiger partial charge in [0.05, 0.1) is 17.9 Å². The maximum Gasteiger partial charge on any atom is 0.257 e. The Morgan fingerprint density at radius 3 is 2.59 bits per heavy atom. The lowest BCUT2D eigenvalue weighted by Gasteiger charge is -2.15. The fraction of sp³-hybridized carbons (Fsp3) is 0.429. The average molecular weight is 538 g/mol. The van der Waals surface area contributed by atoms with E-state index in [1.807, 2.05) is 26.0 Å². The van der Waals surface area contributed by atoms with E-state index in [2.05, 4.69) is 27.2 Å². The summed E-state index contributed by atoms with van der Waals surface area (Å²) < 4.78 is 16.8. The van der Waals surface area contributed by atoms with Crippen molar-refractivity contribution in [3.05, 3.63) is 53.6 Å². The second-order valence-electron chi connectivity index (χ2n) is 9.26. The van der Waals surface area contributed by atoms with Crippen molar-refractivity contribution in [1.29, 1.82) is 5.26 Å². The summed E-state index contributed by atoms with van der Waals surface area (Å²) in [4.78, 5) is 23.3. The lowest BCUT2D eigenvalue weighted by atomic mass is 10.0. The molecule has 0 bridgehead atoms. The molecule has 1 atom stereocenters. The number of hydrogen-bond donors (Lipinski definition) is 4. The minimum Gasteiger partial charge on any atom is -0.492 e. The first-order valence-electron chi connectivity index (χ1n) is 12.9. The molecule has 0 saturated carbocycles. The van der Waals surface area contributed by atoms with Gasteiger partial charge in [0.15, 0.2) is 6.61 Å². The highest BCUT2D eigenvalue weighted by molar-refractivity contribution is 6.04. The van der Waals surface area contributed by atoms with E-state index in [9.17, 15) is 20.0 Å². The fourth-order valence-electron chi connectivity index (χ4n) is 3.54. The number of carbonyl (C=O) groups is 2. The van der Waals surface area contributed by atoms with Crippen molar-refractivity contribution in [3.8, 4) is 23.3 Å². The third-order valence-corrected chi connectivity index (χ3v) is 5.64. The average Bonchev–Trinajstić information content (AvgIpc) is 2.94. The number of nitriles is 1. The zero-order valence-electron chi connectivity index (χ0n) is 22.2. The molecule has 2 amide bonds. The largest absolute Gasteiger partial charge is 0.492 e. The summed E-state index contributed by atoms with van der Waals surface area (Å²) in [5.41, 5.74) is 4.49. The van der Waals surface area contributed by atoms with E-state index in [0.29, 0.717) is 61.8 Å². The van der Waals surface area contributed by atoms with Gasteiger partial charge in [-0.15, -0.1) is 0 Å². The predicted octanol–water partition coefficient (Wildman–Crippen LogP) is 1.87. The number of nitrogens with one attached hydrogen (secondary N) is 3. The van der Waals surface area contributed by atoms with Crippen LogP contribution in [0.4, 0.5) is 0 Å². The molecule has 3 rings (SSSR count). The quantitative estimate of drug-likeness (QED) is 0.251. The maximum absolute atomic E-state index is 12.1. The summed E-state index contributed by atoms with van der Waals surface area (Å²) in [6.07, 6.45) is 0.865. The van der Waals surface area contributed by atoms with Crippen molar-refractivity contribution in [2.24, 2.45) is 5.10 Å². The lowest BCUT2D eigenvalue weighted by Crippen LogP contribution is -2.35. The summed E-state index contributed by atoms with van der Waals surface area (Å²) in [5.74, 6) is 1.09. The van der Waals surface area contributed by atoms with Gasteiger partial charge in [-0.3, -0.25) is 9.59 Å². The molecule has 0 fully saturated rings. The predicted molar refractivity (Wildman–Crippen MR) is 145 cm³/mol. The molecule has 11 heteroatoms. The molecule has 4 N–H and O–H groups in total. The first-order chi connectivity index (χ1) is 18.8.